The zero-order valence-corrected chi connectivity index (χ0v) is 16.4. The van der Waals surface area contributed by atoms with Gasteiger partial charge in [0.25, 0.3) is 0 Å². The topological polar surface area (TPSA) is 53.2 Å². The second-order valence-electron chi connectivity index (χ2n) is 10.3. The van der Waals surface area contributed by atoms with Crippen LogP contribution < -0.4 is 0 Å². The first-order valence-electron chi connectivity index (χ1n) is 10.5. The van der Waals surface area contributed by atoms with Crippen molar-refractivity contribution in [3.63, 3.8) is 0 Å². The highest BCUT2D eigenvalue weighted by Gasteiger charge is 2.64. The lowest BCUT2D eigenvalue weighted by atomic mass is 9.43. The quantitative estimate of drug-likeness (QED) is 0.766. The maximum Gasteiger partial charge on any atom is 0.0661 e. The number of nitrogens with zero attached hydrogens (tertiary/aromatic N) is 1. The highest BCUT2D eigenvalue weighted by molar-refractivity contribution is 5.15. The first-order valence-corrected chi connectivity index (χ1v) is 10.5. The SMILES string of the molecule is CO[C@H]1C[C@]2(C)[C@@H](C#N)CC[C@H]2[C@@H]2CC[C@H]3C[C@H](O)[C@H](C)C[C@]3(C)[C@H]21. The largest absolute Gasteiger partial charge is 0.393 e. The van der Waals surface area contributed by atoms with E-state index >= 15 is 0 Å². The summed E-state index contributed by atoms with van der Waals surface area (Å²) in [6.07, 6.45) is 8.12. The summed E-state index contributed by atoms with van der Waals surface area (Å²) in [4.78, 5) is 0. The second kappa shape index (κ2) is 5.96. The molecule has 25 heavy (non-hydrogen) atoms. The van der Waals surface area contributed by atoms with Crippen molar-refractivity contribution < 1.29 is 9.84 Å². The molecular weight excluding hydrogens is 310 g/mol. The van der Waals surface area contributed by atoms with Crippen LogP contribution in [0, 0.1) is 57.7 Å². The van der Waals surface area contributed by atoms with E-state index in [2.05, 4.69) is 26.8 Å². The van der Waals surface area contributed by atoms with E-state index in [-0.39, 0.29) is 29.0 Å². The van der Waals surface area contributed by atoms with Gasteiger partial charge < -0.3 is 9.84 Å². The van der Waals surface area contributed by atoms with Crippen molar-refractivity contribution in [2.45, 2.75) is 77.9 Å². The Labute approximate surface area is 153 Å². The maximum atomic E-state index is 10.4. The number of aliphatic hydroxyl groups is 1. The zero-order chi connectivity index (χ0) is 18.0. The van der Waals surface area contributed by atoms with Crippen LogP contribution in [0.4, 0.5) is 0 Å². The predicted octanol–water partition coefficient (Wildman–Crippen LogP) is 4.40. The highest BCUT2D eigenvalue weighted by atomic mass is 16.5. The van der Waals surface area contributed by atoms with Gasteiger partial charge in [0.2, 0.25) is 0 Å². The third-order valence-corrected chi connectivity index (χ3v) is 9.37. The van der Waals surface area contributed by atoms with Crippen LogP contribution in [0.2, 0.25) is 0 Å². The summed E-state index contributed by atoms with van der Waals surface area (Å²) in [5.41, 5.74) is 0.424. The van der Waals surface area contributed by atoms with E-state index in [0.717, 1.165) is 25.7 Å². The van der Waals surface area contributed by atoms with Crippen LogP contribution in [0.1, 0.15) is 65.7 Å². The average molecular weight is 346 g/mol. The van der Waals surface area contributed by atoms with Crippen molar-refractivity contribution in [3.05, 3.63) is 0 Å². The lowest BCUT2D eigenvalue weighted by Gasteiger charge is -2.63. The van der Waals surface area contributed by atoms with Gasteiger partial charge in [-0.1, -0.05) is 20.8 Å². The molecule has 0 unspecified atom stereocenters. The maximum absolute atomic E-state index is 10.4. The second-order valence-corrected chi connectivity index (χ2v) is 10.3. The lowest BCUT2D eigenvalue weighted by Crippen LogP contribution is -2.60. The Morgan fingerprint density at radius 2 is 1.84 bits per heavy atom. The summed E-state index contributed by atoms with van der Waals surface area (Å²) < 4.78 is 6.13. The van der Waals surface area contributed by atoms with E-state index in [1.165, 1.54) is 19.3 Å². The van der Waals surface area contributed by atoms with E-state index < -0.39 is 0 Å². The van der Waals surface area contributed by atoms with Crippen LogP contribution >= 0.6 is 0 Å². The number of ether oxygens (including phenoxy) is 1. The number of fused-ring (bicyclic) bond motifs is 5. The molecule has 0 heterocycles. The molecule has 140 valence electrons. The van der Waals surface area contributed by atoms with E-state index in [0.29, 0.717) is 29.6 Å². The average Bonchev–Trinajstić information content (AvgIpc) is 2.91. The molecule has 10 atom stereocenters. The van der Waals surface area contributed by atoms with Crippen molar-refractivity contribution in [3.8, 4) is 6.07 Å². The molecule has 0 aliphatic heterocycles. The third kappa shape index (κ3) is 2.36. The predicted molar refractivity (Wildman–Crippen MR) is 97.6 cm³/mol. The van der Waals surface area contributed by atoms with Crippen LogP contribution in [-0.4, -0.2) is 24.4 Å². The molecule has 4 aliphatic carbocycles. The van der Waals surface area contributed by atoms with Gasteiger partial charge in [0, 0.05) is 7.11 Å². The van der Waals surface area contributed by atoms with Gasteiger partial charge >= 0.3 is 0 Å². The summed E-state index contributed by atoms with van der Waals surface area (Å²) in [5.74, 6) is 3.21. The minimum atomic E-state index is -0.126. The number of nitriles is 1. The Bertz CT molecular complexity index is 571. The minimum absolute atomic E-state index is 0.126. The van der Waals surface area contributed by atoms with E-state index in [4.69, 9.17) is 4.74 Å². The molecule has 0 aromatic rings. The van der Waals surface area contributed by atoms with Gasteiger partial charge in [-0.15, -0.1) is 0 Å². The van der Waals surface area contributed by atoms with Gasteiger partial charge in [-0.3, -0.25) is 0 Å². The van der Waals surface area contributed by atoms with Crippen molar-refractivity contribution in [2.75, 3.05) is 7.11 Å². The fourth-order valence-electron chi connectivity index (χ4n) is 8.12. The number of hydrogen-bond acceptors (Lipinski definition) is 3. The third-order valence-electron chi connectivity index (χ3n) is 9.37. The van der Waals surface area contributed by atoms with Gasteiger partial charge in [-0.05, 0) is 85.4 Å². The van der Waals surface area contributed by atoms with Crippen LogP contribution in [0.15, 0.2) is 0 Å². The van der Waals surface area contributed by atoms with Crippen molar-refractivity contribution >= 4 is 0 Å². The molecule has 3 nitrogen and oxygen atoms in total. The van der Waals surface area contributed by atoms with Crippen molar-refractivity contribution in [2.24, 2.45) is 46.3 Å². The van der Waals surface area contributed by atoms with Crippen LogP contribution in [-0.2, 0) is 4.74 Å². The Balaban J connectivity index is 1.71. The molecule has 4 rings (SSSR count). The Morgan fingerprint density at radius 1 is 1.08 bits per heavy atom. The van der Waals surface area contributed by atoms with Gasteiger partial charge in [0.05, 0.1) is 24.2 Å². The smallest absolute Gasteiger partial charge is 0.0661 e. The molecule has 0 aromatic carbocycles. The molecule has 0 amide bonds. The van der Waals surface area contributed by atoms with Gasteiger partial charge in [-0.2, -0.15) is 5.26 Å². The molecule has 0 radical (unpaired) electrons. The number of rotatable bonds is 1. The van der Waals surface area contributed by atoms with Crippen LogP contribution in [0.25, 0.3) is 0 Å². The zero-order valence-electron chi connectivity index (χ0n) is 16.4. The molecule has 0 bridgehead atoms. The number of aliphatic hydroxyl groups excluding tert-OH is 1. The first kappa shape index (κ1) is 17.8. The Kier molecular flexibility index (Phi) is 4.25. The van der Waals surface area contributed by atoms with E-state index in [1.54, 1.807) is 0 Å². The normalized spacial score (nSPS) is 57.9. The van der Waals surface area contributed by atoms with Crippen molar-refractivity contribution in [1.82, 2.24) is 0 Å². The van der Waals surface area contributed by atoms with Crippen LogP contribution in [0.5, 0.6) is 0 Å². The van der Waals surface area contributed by atoms with E-state index in [9.17, 15) is 10.4 Å². The monoisotopic (exact) mass is 345 g/mol. The molecule has 4 fully saturated rings. The molecule has 4 aliphatic rings. The summed E-state index contributed by atoms with van der Waals surface area (Å²) >= 11 is 0. The highest BCUT2D eigenvalue weighted by Crippen LogP contribution is 2.68. The fraction of sp³-hybridized carbons (Fsp3) is 0.955. The van der Waals surface area contributed by atoms with Gasteiger partial charge in [-0.25, -0.2) is 0 Å². The molecule has 1 N–H and O–H groups in total. The standard InChI is InChI=1S/C22H35NO2/c1-13-10-22(3)14(9-18(13)24)5-7-16-17-8-6-15(12-23)21(17,2)11-19(25-4)20(16)22/h13-20,24H,5-11H2,1-4H3/t13-,14+,15-,16+,17+,18+,19+,20-,21-,22+/m1/s1. The van der Waals surface area contributed by atoms with E-state index in [1.807, 2.05) is 7.11 Å². The summed E-state index contributed by atoms with van der Waals surface area (Å²) in [7, 11) is 1.88. The summed E-state index contributed by atoms with van der Waals surface area (Å²) in [5, 5.41) is 20.1. The Morgan fingerprint density at radius 3 is 2.52 bits per heavy atom. The van der Waals surface area contributed by atoms with Gasteiger partial charge in [0.15, 0.2) is 0 Å². The molecule has 3 heteroatoms. The van der Waals surface area contributed by atoms with Crippen molar-refractivity contribution in [1.29, 1.82) is 5.26 Å². The number of hydrogen-bond donors (Lipinski definition) is 1. The Hall–Kier alpha value is -0.590. The fourth-order valence-corrected chi connectivity index (χ4v) is 8.12. The van der Waals surface area contributed by atoms with Crippen LogP contribution in [0.3, 0.4) is 0 Å². The molecule has 0 saturated heterocycles. The minimum Gasteiger partial charge on any atom is -0.393 e. The first-order chi connectivity index (χ1) is 11.8. The summed E-state index contributed by atoms with van der Waals surface area (Å²) in [6, 6.07) is 2.63. The molecule has 0 spiro atoms. The molecule has 0 aromatic heterocycles. The number of methoxy groups -OCH3 is 1. The molecular formula is C22H35NO2. The summed E-state index contributed by atoms with van der Waals surface area (Å²) in [6.45, 7) is 7.11. The van der Waals surface area contributed by atoms with Gasteiger partial charge in [0.1, 0.15) is 0 Å². The molecule has 4 saturated carbocycles. The lowest BCUT2D eigenvalue weighted by molar-refractivity contribution is -0.191.